The molecule has 1 aliphatic heterocycles. The number of aryl methyl sites for hydroxylation is 1. The topological polar surface area (TPSA) is 49.7 Å². The molecular formula is C15H21FO3. The molecule has 19 heavy (non-hydrogen) atoms. The second-order valence-electron chi connectivity index (χ2n) is 3.70. The van der Waals surface area contributed by atoms with Gasteiger partial charge in [0.1, 0.15) is 23.8 Å². The molecule has 1 aliphatic rings. The van der Waals surface area contributed by atoms with Gasteiger partial charge in [-0.25, -0.2) is 4.39 Å². The van der Waals surface area contributed by atoms with Crippen molar-refractivity contribution < 1.29 is 19.3 Å². The Bertz CT molecular complexity index is 390. The van der Waals surface area contributed by atoms with Gasteiger partial charge in [-0.05, 0) is 36.6 Å². The second kappa shape index (κ2) is 9.37. The minimum atomic E-state index is -0.872. The van der Waals surface area contributed by atoms with E-state index >= 15 is 0 Å². The molecule has 0 aromatic heterocycles. The van der Waals surface area contributed by atoms with Crippen LogP contribution in [0.2, 0.25) is 0 Å². The maximum absolute atomic E-state index is 12.9. The molecule has 0 bridgehead atoms. The normalized spacial score (nSPS) is 17.5. The highest BCUT2D eigenvalue weighted by Crippen LogP contribution is 2.29. The Balaban J connectivity index is 0.000000741. The predicted octanol–water partition coefficient (Wildman–Crippen LogP) is 2.15. The van der Waals surface area contributed by atoms with Gasteiger partial charge in [0.05, 0.1) is 6.61 Å². The summed E-state index contributed by atoms with van der Waals surface area (Å²) in [5, 5.41) is 18.2. The Kier molecular flexibility index (Phi) is 8.60. The molecule has 0 aliphatic carbocycles. The van der Waals surface area contributed by atoms with Crippen LogP contribution in [0.15, 0.2) is 18.2 Å². The number of hydrogen-bond donors (Lipinski definition) is 2. The molecule has 0 saturated heterocycles. The number of halogens is 1. The minimum Gasteiger partial charge on any atom is -0.487 e. The van der Waals surface area contributed by atoms with Crippen LogP contribution in [0.1, 0.15) is 25.8 Å². The van der Waals surface area contributed by atoms with E-state index in [1.54, 1.807) is 6.07 Å². The van der Waals surface area contributed by atoms with Crippen molar-refractivity contribution in [1.82, 2.24) is 0 Å². The maximum atomic E-state index is 12.9. The molecule has 1 heterocycles. The van der Waals surface area contributed by atoms with Crippen LogP contribution < -0.4 is 4.74 Å². The van der Waals surface area contributed by atoms with Crippen LogP contribution in [0.3, 0.4) is 0 Å². The average Bonchev–Trinajstić information content (AvgIpc) is 2.50. The van der Waals surface area contributed by atoms with E-state index in [9.17, 15) is 9.50 Å². The van der Waals surface area contributed by atoms with Gasteiger partial charge in [-0.2, -0.15) is 0 Å². The van der Waals surface area contributed by atoms with Gasteiger partial charge < -0.3 is 14.9 Å². The van der Waals surface area contributed by atoms with Gasteiger partial charge in [-0.1, -0.05) is 13.8 Å². The first-order chi connectivity index (χ1) is 9.20. The van der Waals surface area contributed by atoms with E-state index in [0.29, 0.717) is 18.6 Å². The number of fused-ring (bicyclic) bond motifs is 1. The lowest BCUT2D eigenvalue weighted by molar-refractivity contribution is -0.00965. The van der Waals surface area contributed by atoms with Crippen LogP contribution in [-0.2, 0) is 6.42 Å². The molecule has 2 N–H and O–H groups in total. The third kappa shape index (κ3) is 4.90. The Morgan fingerprint density at radius 1 is 1.42 bits per heavy atom. The lowest BCUT2D eigenvalue weighted by Gasteiger charge is -2.28. The summed E-state index contributed by atoms with van der Waals surface area (Å²) in [6.45, 7) is 3.68. The molecule has 0 amide bonds. The largest absolute Gasteiger partial charge is 0.487 e. The van der Waals surface area contributed by atoms with Crippen LogP contribution in [0.25, 0.3) is 0 Å². The second-order valence-corrected chi connectivity index (χ2v) is 3.70. The summed E-state index contributed by atoms with van der Waals surface area (Å²) >= 11 is 0. The van der Waals surface area contributed by atoms with E-state index in [1.807, 2.05) is 13.8 Å². The minimum absolute atomic E-state index is 0.279. The van der Waals surface area contributed by atoms with Crippen molar-refractivity contribution in [3.63, 3.8) is 0 Å². The predicted molar refractivity (Wildman–Crippen MR) is 73.5 cm³/mol. The molecule has 1 unspecified atom stereocenters. The number of ether oxygens (including phenoxy) is 1. The summed E-state index contributed by atoms with van der Waals surface area (Å²) in [5.74, 6) is 0.318. The third-order valence-electron chi connectivity index (χ3n) is 2.62. The van der Waals surface area contributed by atoms with Gasteiger partial charge in [-0.3, -0.25) is 0 Å². The third-order valence-corrected chi connectivity index (χ3v) is 2.62. The van der Waals surface area contributed by atoms with Crippen LogP contribution in [-0.4, -0.2) is 29.0 Å². The van der Waals surface area contributed by atoms with E-state index in [-0.39, 0.29) is 12.4 Å². The number of hydrogen-bond acceptors (Lipinski definition) is 3. The molecule has 3 nitrogen and oxygen atoms in total. The zero-order valence-corrected chi connectivity index (χ0v) is 11.3. The zero-order valence-electron chi connectivity index (χ0n) is 11.3. The summed E-state index contributed by atoms with van der Waals surface area (Å²) in [7, 11) is 0. The molecule has 0 saturated carbocycles. The van der Waals surface area contributed by atoms with Gasteiger partial charge in [0.25, 0.3) is 0 Å². The van der Waals surface area contributed by atoms with Gasteiger partial charge in [0.2, 0.25) is 0 Å². The molecule has 2 atom stereocenters. The average molecular weight is 268 g/mol. The Labute approximate surface area is 114 Å². The highest BCUT2D eigenvalue weighted by atomic mass is 19.1. The van der Waals surface area contributed by atoms with Crippen LogP contribution in [0, 0.1) is 18.7 Å². The monoisotopic (exact) mass is 268 g/mol. The van der Waals surface area contributed by atoms with E-state index in [0.717, 1.165) is 5.56 Å². The summed E-state index contributed by atoms with van der Waals surface area (Å²) in [4.78, 5) is 0. The van der Waals surface area contributed by atoms with Gasteiger partial charge in [0.15, 0.2) is 0 Å². The fourth-order valence-electron chi connectivity index (χ4n) is 1.77. The first-order valence-corrected chi connectivity index (χ1v) is 6.28. The number of rotatable bonds is 2. The Morgan fingerprint density at radius 2 is 2.05 bits per heavy atom. The van der Waals surface area contributed by atoms with Crippen molar-refractivity contribution in [2.75, 3.05) is 6.61 Å². The smallest absolute Gasteiger partial charge is 0.127 e. The Hall–Kier alpha value is -1.57. The summed E-state index contributed by atoms with van der Waals surface area (Å²) in [6.07, 6.45) is 7.99. The number of aliphatic hydroxyl groups excluding tert-OH is 2. The number of benzene rings is 1. The molecular weight excluding hydrogens is 247 g/mol. The van der Waals surface area contributed by atoms with Gasteiger partial charge in [-0.15, -0.1) is 12.8 Å². The standard InChI is InChI=1S/C11H13FO3.C2H6.C2H2/c12-8-2-4-10-7(5-8)1-3-11(15-10)9(14)6-13;2*1-2/h2,4-5,9,11,13-14H,1,3,6H2;1-2H3;1-2H/t9-,11?;;/m0../s1. The molecule has 1 aromatic carbocycles. The van der Waals surface area contributed by atoms with Crippen molar-refractivity contribution in [1.29, 1.82) is 0 Å². The first kappa shape index (κ1) is 17.4. The Morgan fingerprint density at radius 3 is 2.63 bits per heavy atom. The van der Waals surface area contributed by atoms with E-state index < -0.39 is 12.2 Å². The zero-order chi connectivity index (χ0) is 14.8. The number of terminal acetylenes is 1. The van der Waals surface area contributed by atoms with Crippen molar-refractivity contribution in [3.05, 3.63) is 29.6 Å². The quantitative estimate of drug-likeness (QED) is 0.808. The van der Waals surface area contributed by atoms with Crippen molar-refractivity contribution >= 4 is 0 Å². The highest BCUT2D eigenvalue weighted by Gasteiger charge is 2.25. The summed E-state index contributed by atoms with van der Waals surface area (Å²) < 4.78 is 18.3. The lowest BCUT2D eigenvalue weighted by atomic mass is 9.99. The van der Waals surface area contributed by atoms with Crippen LogP contribution in [0.5, 0.6) is 5.75 Å². The molecule has 4 heteroatoms. The number of aliphatic hydroxyl groups is 2. The molecule has 106 valence electrons. The lowest BCUT2D eigenvalue weighted by Crippen LogP contribution is -2.37. The fraction of sp³-hybridized carbons (Fsp3) is 0.467. The van der Waals surface area contributed by atoms with E-state index in [4.69, 9.17) is 9.84 Å². The van der Waals surface area contributed by atoms with Crippen LogP contribution in [0.4, 0.5) is 4.39 Å². The van der Waals surface area contributed by atoms with Crippen LogP contribution >= 0.6 is 0 Å². The molecule has 0 fully saturated rings. The molecule has 0 radical (unpaired) electrons. The van der Waals surface area contributed by atoms with Gasteiger partial charge in [0, 0.05) is 0 Å². The van der Waals surface area contributed by atoms with Crippen molar-refractivity contribution in [2.45, 2.75) is 38.9 Å². The highest BCUT2D eigenvalue weighted by molar-refractivity contribution is 5.35. The van der Waals surface area contributed by atoms with Crippen molar-refractivity contribution in [2.24, 2.45) is 0 Å². The first-order valence-electron chi connectivity index (χ1n) is 6.28. The summed E-state index contributed by atoms with van der Waals surface area (Å²) in [5.41, 5.74) is 0.816. The molecule has 0 spiro atoms. The summed E-state index contributed by atoms with van der Waals surface area (Å²) in [6, 6.07) is 4.32. The molecule has 1 aromatic rings. The molecule has 2 rings (SSSR count). The SMILES string of the molecule is C#C.CC.OC[C@H](O)C1CCc2cc(F)ccc2O1. The van der Waals surface area contributed by atoms with E-state index in [1.165, 1.54) is 12.1 Å². The van der Waals surface area contributed by atoms with Gasteiger partial charge >= 0.3 is 0 Å². The maximum Gasteiger partial charge on any atom is 0.127 e. The fourth-order valence-corrected chi connectivity index (χ4v) is 1.77. The van der Waals surface area contributed by atoms with Crippen molar-refractivity contribution in [3.8, 4) is 18.6 Å². The van der Waals surface area contributed by atoms with E-state index in [2.05, 4.69) is 12.8 Å².